The molecule has 0 fully saturated rings. The van der Waals surface area contributed by atoms with Gasteiger partial charge in [0.25, 0.3) is 0 Å². The van der Waals surface area contributed by atoms with Gasteiger partial charge in [-0.25, -0.2) is 8.42 Å². The minimum absolute atomic E-state index is 0. The van der Waals surface area contributed by atoms with Crippen LogP contribution in [0.2, 0.25) is 0 Å². The van der Waals surface area contributed by atoms with E-state index in [1.54, 1.807) is 6.07 Å². The molecule has 0 aliphatic rings. The van der Waals surface area contributed by atoms with E-state index in [1.807, 2.05) is 25.1 Å². The van der Waals surface area contributed by atoms with Crippen LogP contribution in [0.25, 0.3) is 0 Å². The monoisotopic (exact) mass is 448 g/mol. The van der Waals surface area contributed by atoms with Crippen LogP contribution >= 0.6 is 0 Å². The van der Waals surface area contributed by atoms with Crippen LogP contribution in [0.4, 0.5) is 11.4 Å². The van der Waals surface area contributed by atoms with Gasteiger partial charge < -0.3 is 4.55 Å². The molecule has 3 aromatic carbocycles. The quantitative estimate of drug-likeness (QED) is 0.244. The van der Waals surface area contributed by atoms with Gasteiger partial charge in [0.1, 0.15) is 15.5 Å². The topological polar surface area (TPSA) is 140 Å². The molecule has 3 rings (SSSR count). The molecule has 0 spiro atoms. The van der Waals surface area contributed by atoms with Gasteiger partial charge in [-0.2, -0.15) is 10.2 Å². The van der Waals surface area contributed by atoms with Crippen LogP contribution in [0.3, 0.4) is 0 Å². The van der Waals surface area contributed by atoms with Gasteiger partial charge in [-0.1, -0.05) is 25.1 Å². The van der Waals surface area contributed by atoms with E-state index in [4.69, 9.17) is 0 Å². The second-order valence-corrected chi connectivity index (χ2v) is 7.58. The Labute approximate surface area is 199 Å². The Kier molecular flexibility index (Phi) is 8.43. The molecule has 0 saturated carbocycles. The molecule has 0 saturated heterocycles. The zero-order chi connectivity index (χ0) is 21.7. The van der Waals surface area contributed by atoms with Gasteiger partial charge >= 0.3 is 29.6 Å². The Morgan fingerprint density at radius 1 is 0.903 bits per heavy atom. The van der Waals surface area contributed by atoms with Crippen molar-refractivity contribution in [2.75, 3.05) is 10.9 Å². The molecule has 11 heteroatoms. The standard InChI is InChI=1S/C20H18N4O5S.Na/c1-2-13-5-3-4-6-16(13)22-24-19-18(25)12-11-17(20(19)26)23-21-14-7-9-15(10-8-14)30(27,28)29;/h3-12,21-22H,2H2,1H3,(H,27,28,29);/q;+1/p-1/b23-17+,24-19-;. The molecule has 31 heavy (non-hydrogen) atoms. The minimum Gasteiger partial charge on any atom is -0.744 e. The van der Waals surface area contributed by atoms with Crippen molar-refractivity contribution >= 4 is 21.5 Å². The molecular weight excluding hydrogens is 431 g/mol. The molecule has 0 atom stereocenters. The summed E-state index contributed by atoms with van der Waals surface area (Å²) in [5.74, 6) is 0. The summed E-state index contributed by atoms with van der Waals surface area (Å²) >= 11 is 0. The number of nitrogens with zero attached hydrogens (tertiary/aromatic N) is 2. The maximum atomic E-state index is 12.6. The summed E-state index contributed by atoms with van der Waals surface area (Å²) < 4.78 is 32.9. The van der Waals surface area contributed by atoms with E-state index < -0.39 is 21.0 Å². The SMILES string of the molecule is CCc1ccccc1N/N=c1/c(=O)cc/c(=N\Nc2ccc(S(=O)(=O)[O-])cc2)c1=O.[Na+]. The van der Waals surface area contributed by atoms with Gasteiger partial charge in [0.2, 0.25) is 10.9 Å². The first-order chi connectivity index (χ1) is 14.3. The molecule has 3 aromatic rings. The summed E-state index contributed by atoms with van der Waals surface area (Å²) in [6, 6.07) is 14.7. The Morgan fingerprint density at radius 2 is 1.58 bits per heavy atom. The maximum absolute atomic E-state index is 12.6. The molecule has 0 bridgehead atoms. The Hall–Kier alpha value is -2.63. The Morgan fingerprint density at radius 3 is 2.23 bits per heavy atom. The fourth-order valence-electron chi connectivity index (χ4n) is 2.61. The van der Waals surface area contributed by atoms with E-state index in [2.05, 4.69) is 21.1 Å². The number of hydrogen-bond donors (Lipinski definition) is 2. The number of nitrogens with one attached hydrogen (secondary N) is 2. The maximum Gasteiger partial charge on any atom is 1.00 e. The third-order valence-corrected chi connectivity index (χ3v) is 5.06. The number of rotatable bonds is 6. The fraction of sp³-hybridized carbons (Fsp3) is 0.100. The largest absolute Gasteiger partial charge is 1.00 e. The van der Waals surface area contributed by atoms with E-state index in [0.29, 0.717) is 11.4 Å². The smallest absolute Gasteiger partial charge is 0.744 e. The van der Waals surface area contributed by atoms with Crippen LogP contribution in [-0.4, -0.2) is 13.0 Å². The molecule has 0 radical (unpaired) electrons. The second kappa shape index (κ2) is 10.6. The molecule has 0 heterocycles. The van der Waals surface area contributed by atoms with Gasteiger partial charge in [0, 0.05) is 0 Å². The molecule has 0 aromatic heterocycles. The molecule has 2 N–H and O–H groups in total. The van der Waals surface area contributed by atoms with Gasteiger partial charge in [-0.15, -0.1) is 0 Å². The zero-order valence-corrected chi connectivity index (χ0v) is 19.6. The summed E-state index contributed by atoms with van der Waals surface area (Å²) in [4.78, 5) is 24.3. The number of anilines is 2. The van der Waals surface area contributed by atoms with Crippen molar-refractivity contribution in [2.24, 2.45) is 10.2 Å². The van der Waals surface area contributed by atoms with Crippen LogP contribution in [0.5, 0.6) is 0 Å². The van der Waals surface area contributed by atoms with Crippen LogP contribution in [-0.2, 0) is 16.5 Å². The van der Waals surface area contributed by atoms with Crippen LogP contribution in [0.1, 0.15) is 12.5 Å². The van der Waals surface area contributed by atoms with E-state index in [0.717, 1.165) is 24.1 Å². The molecule has 0 aliphatic carbocycles. The molecule has 9 nitrogen and oxygen atoms in total. The van der Waals surface area contributed by atoms with Gasteiger partial charge in [0.15, 0.2) is 5.36 Å². The summed E-state index contributed by atoms with van der Waals surface area (Å²) in [5, 5.41) is 7.55. The first kappa shape index (κ1) is 24.6. The number of benzene rings is 3. The number of aryl methyl sites for hydroxylation is 1. The minimum atomic E-state index is -4.55. The van der Waals surface area contributed by atoms with Crippen molar-refractivity contribution in [2.45, 2.75) is 18.2 Å². The average Bonchev–Trinajstić information content (AvgIpc) is 2.73. The van der Waals surface area contributed by atoms with Gasteiger partial charge in [-0.3, -0.25) is 20.4 Å². The molecule has 0 unspecified atom stereocenters. The first-order valence-corrected chi connectivity index (χ1v) is 10.3. The second-order valence-electron chi connectivity index (χ2n) is 6.20. The zero-order valence-electron chi connectivity index (χ0n) is 16.8. The summed E-state index contributed by atoms with van der Waals surface area (Å²) in [5.41, 5.74) is 6.14. The summed E-state index contributed by atoms with van der Waals surface area (Å²) in [6.45, 7) is 1.97. The van der Waals surface area contributed by atoms with Crippen LogP contribution in [0, 0.1) is 0 Å². The normalized spacial score (nSPS) is 12.3. The van der Waals surface area contributed by atoms with Gasteiger partial charge in [0.05, 0.1) is 16.3 Å². The fourth-order valence-corrected chi connectivity index (χ4v) is 3.08. The van der Waals surface area contributed by atoms with Crippen molar-refractivity contribution in [1.82, 2.24) is 0 Å². The first-order valence-electron chi connectivity index (χ1n) is 8.88. The van der Waals surface area contributed by atoms with E-state index in [9.17, 15) is 22.6 Å². The predicted molar refractivity (Wildman–Crippen MR) is 110 cm³/mol. The van der Waals surface area contributed by atoms with E-state index in [-0.39, 0.29) is 45.2 Å². The molecule has 0 amide bonds. The van der Waals surface area contributed by atoms with Crippen molar-refractivity contribution < 1.29 is 42.5 Å². The predicted octanol–water partition coefficient (Wildman–Crippen LogP) is -2.39. The average molecular weight is 448 g/mol. The number of hydrogen-bond acceptors (Lipinski definition) is 9. The van der Waals surface area contributed by atoms with E-state index in [1.165, 1.54) is 24.3 Å². The number of para-hydroxylation sites is 1. The molecular formula is C20H17N4NaO5S. The van der Waals surface area contributed by atoms with Crippen molar-refractivity contribution in [3.63, 3.8) is 0 Å². The third-order valence-electron chi connectivity index (χ3n) is 4.21. The van der Waals surface area contributed by atoms with Crippen LogP contribution in [0.15, 0.2) is 85.4 Å². The Balaban J connectivity index is 0.00000341. The van der Waals surface area contributed by atoms with Crippen molar-refractivity contribution in [3.05, 3.63) is 97.4 Å². The third kappa shape index (κ3) is 6.18. The van der Waals surface area contributed by atoms with Crippen molar-refractivity contribution in [3.8, 4) is 0 Å². The van der Waals surface area contributed by atoms with Crippen molar-refractivity contribution in [1.29, 1.82) is 0 Å². The molecule has 0 aliphatic heterocycles. The van der Waals surface area contributed by atoms with E-state index >= 15 is 0 Å². The van der Waals surface area contributed by atoms with Crippen LogP contribution < -0.4 is 62.0 Å². The Bertz CT molecular complexity index is 1400. The summed E-state index contributed by atoms with van der Waals surface area (Å²) in [6.07, 6.45) is 0.749. The molecule has 154 valence electrons. The summed E-state index contributed by atoms with van der Waals surface area (Å²) in [7, 11) is -4.55. The van der Waals surface area contributed by atoms with Gasteiger partial charge in [-0.05, 0) is 54.4 Å².